The summed E-state index contributed by atoms with van der Waals surface area (Å²) in [5.41, 5.74) is -1.62. The summed E-state index contributed by atoms with van der Waals surface area (Å²) in [6.45, 7) is 1.76. The van der Waals surface area contributed by atoms with Crippen LogP contribution < -0.4 is 0 Å². The lowest BCUT2D eigenvalue weighted by Crippen LogP contribution is -2.52. The number of fused-ring (bicyclic) bond motifs is 4. The van der Waals surface area contributed by atoms with Crippen molar-refractivity contribution in [3.63, 3.8) is 0 Å². The fourth-order valence-corrected chi connectivity index (χ4v) is 5.44. The summed E-state index contributed by atoms with van der Waals surface area (Å²) in [5, 5.41) is 0.303. The minimum absolute atomic E-state index is 0.0157. The van der Waals surface area contributed by atoms with Gasteiger partial charge in [-0.05, 0) is 24.6 Å². The summed E-state index contributed by atoms with van der Waals surface area (Å²) >= 11 is 0. The van der Waals surface area contributed by atoms with Crippen LogP contribution in [0.1, 0.15) is 32.7 Å². The Morgan fingerprint density at radius 1 is 1.00 bits per heavy atom. The number of rotatable bonds is 3. The molecule has 8 nitrogen and oxygen atoms in total. The molecule has 0 spiro atoms. The number of hydrogen-bond donors (Lipinski definition) is 0. The molecule has 1 aliphatic rings. The van der Waals surface area contributed by atoms with Gasteiger partial charge >= 0.3 is 11.9 Å². The minimum Gasteiger partial charge on any atom is -0.468 e. The van der Waals surface area contributed by atoms with Crippen LogP contribution >= 0.6 is 0 Å². The minimum atomic E-state index is -4.07. The summed E-state index contributed by atoms with van der Waals surface area (Å²) < 4.78 is 36.7. The average molecular weight is 441 g/mol. The van der Waals surface area contributed by atoms with Gasteiger partial charge in [0.25, 0.3) is 0 Å². The van der Waals surface area contributed by atoms with E-state index >= 15 is 0 Å². The molecule has 0 radical (unpaired) electrons. The summed E-state index contributed by atoms with van der Waals surface area (Å²) in [5.74, 6) is -2.59. The van der Waals surface area contributed by atoms with Gasteiger partial charge < -0.3 is 9.47 Å². The number of aryl methyl sites for hydroxylation is 1. The first-order valence-electron chi connectivity index (χ1n) is 9.27. The molecule has 31 heavy (non-hydrogen) atoms. The van der Waals surface area contributed by atoms with Crippen molar-refractivity contribution in [3.05, 3.63) is 70.4 Å². The number of nitrogens with zero attached hydrogens (tertiary/aromatic N) is 1. The highest BCUT2D eigenvalue weighted by atomic mass is 32.2. The second kappa shape index (κ2) is 6.78. The van der Waals surface area contributed by atoms with Crippen LogP contribution in [0.25, 0.3) is 10.9 Å². The average Bonchev–Trinajstić information content (AvgIpc) is 3.09. The van der Waals surface area contributed by atoms with Crippen LogP contribution in [-0.2, 0) is 34.5 Å². The molecule has 1 aromatic heterocycles. The second-order valence-corrected chi connectivity index (χ2v) is 9.21. The number of carbonyl (C=O) groups is 3. The Hall–Kier alpha value is -3.46. The van der Waals surface area contributed by atoms with Crippen LogP contribution in [0.4, 0.5) is 0 Å². The van der Waals surface area contributed by atoms with E-state index in [-0.39, 0.29) is 27.9 Å². The first-order valence-corrected chi connectivity index (χ1v) is 11.1. The van der Waals surface area contributed by atoms with Gasteiger partial charge in [-0.2, -0.15) is 0 Å². The Kier molecular flexibility index (Phi) is 4.55. The zero-order valence-electron chi connectivity index (χ0n) is 17.3. The molecular formula is C22H19NO7S. The highest BCUT2D eigenvalue weighted by Crippen LogP contribution is 2.48. The van der Waals surface area contributed by atoms with E-state index in [1.807, 2.05) is 0 Å². The van der Waals surface area contributed by atoms with Crippen LogP contribution in [-0.4, -0.2) is 50.6 Å². The fraction of sp³-hybridized carbons (Fsp3) is 0.227. The molecule has 3 aromatic rings. The topological polar surface area (TPSA) is 109 Å². The molecule has 0 N–H and O–H groups in total. The third-order valence-electron chi connectivity index (χ3n) is 5.55. The lowest BCUT2D eigenvalue weighted by molar-refractivity contribution is -0.159. The van der Waals surface area contributed by atoms with Gasteiger partial charge in [0.2, 0.25) is 15.4 Å². The maximum absolute atomic E-state index is 13.6. The molecule has 4 rings (SSSR count). The van der Waals surface area contributed by atoms with Gasteiger partial charge in [0, 0.05) is 10.9 Å². The predicted molar refractivity (Wildman–Crippen MR) is 112 cm³/mol. The molecule has 1 heterocycles. The second-order valence-electron chi connectivity index (χ2n) is 7.38. The fourth-order valence-electron chi connectivity index (χ4n) is 4.36. The third kappa shape index (κ3) is 2.59. The molecule has 0 saturated carbocycles. The maximum Gasteiger partial charge on any atom is 0.334 e. The highest BCUT2D eigenvalue weighted by Gasteiger charge is 2.60. The number of para-hydroxylation sites is 1. The number of hydrogen-bond acceptors (Lipinski definition) is 7. The van der Waals surface area contributed by atoms with Crippen molar-refractivity contribution in [2.24, 2.45) is 0 Å². The molecular weight excluding hydrogens is 422 g/mol. The standard InChI is InChI=1S/C22H19NO7S/c1-12-9-10-15-14(11-12)18(24)17-13-7-5-6-8-16(13)23(31(4,27)28)19(17)22(15,20(25)29-2)21(26)30-3/h5-11H,1-4H3. The molecule has 0 atom stereocenters. The van der Waals surface area contributed by atoms with Gasteiger partial charge in [-0.15, -0.1) is 0 Å². The molecule has 2 aromatic carbocycles. The number of esters is 2. The third-order valence-corrected chi connectivity index (χ3v) is 6.60. The van der Waals surface area contributed by atoms with Crippen molar-refractivity contribution in [1.82, 2.24) is 3.97 Å². The van der Waals surface area contributed by atoms with E-state index in [1.165, 1.54) is 12.1 Å². The van der Waals surface area contributed by atoms with Crippen LogP contribution in [0.3, 0.4) is 0 Å². The van der Waals surface area contributed by atoms with Crippen LogP contribution in [0.2, 0.25) is 0 Å². The molecule has 160 valence electrons. The Bertz CT molecular complexity index is 1380. The van der Waals surface area contributed by atoms with E-state index in [2.05, 4.69) is 0 Å². The SMILES string of the molecule is COC(=O)C1(C(=O)OC)c2ccc(C)cc2C(=O)c2c1n(S(C)(=O)=O)c1ccccc21. The summed E-state index contributed by atoms with van der Waals surface area (Å²) in [6.07, 6.45) is 0.939. The number of benzene rings is 2. The summed E-state index contributed by atoms with van der Waals surface area (Å²) in [4.78, 5) is 40.3. The smallest absolute Gasteiger partial charge is 0.334 e. The van der Waals surface area contributed by atoms with Gasteiger partial charge in [-0.1, -0.05) is 35.9 Å². The monoisotopic (exact) mass is 441 g/mol. The maximum atomic E-state index is 13.6. The Morgan fingerprint density at radius 2 is 1.61 bits per heavy atom. The summed E-state index contributed by atoms with van der Waals surface area (Å²) in [7, 11) is -1.89. The van der Waals surface area contributed by atoms with Crippen molar-refractivity contribution in [2.75, 3.05) is 20.5 Å². The van der Waals surface area contributed by atoms with E-state index in [4.69, 9.17) is 9.47 Å². The van der Waals surface area contributed by atoms with E-state index < -0.39 is 33.2 Å². The molecule has 0 fully saturated rings. The first-order chi connectivity index (χ1) is 14.6. The van der Waals surface area contributed by atoms with Gasteiger partial charge in [-0.3, -0.25) is 14.4 Å². The van der Waals surface area contributed by atoms with Gasteiger partial charge in [0.05, 0.1) is 37.2 Å². The predicted octanol–water partition coefficient (Wildman–Crippen LogP) is 1.93. The lowest BCUT2D eigenvalue weighted by Gasteiger charge is -2.34. The van der Waals surface area contributed by atoms with Crippen molar-refractivity contribution in [3.8, 4) is 0 Å². The normalized spacial score (nSPS) is 14.6. The molecule has 0 aliphatic heterocycles. The van der Waals surface area contributed by atoms with Gasteiger partial charge in [0.1, 0.15) is 0 Å². The van der Waals surface area contributed by atoms with Crippen molar-refractivity contribution in [2.45, 2.75) is 12.3 Å². The first kappa shape index (κ1) is 20.8. The number of ether oxygens (including phenoxy) is 2. The van der Waals surface area contributed by atoms with Crippen molar-refractivity contribution in [1.29, 1.82) is 0 Å². The number of methoxy groups -OCH3 is 2. The van der Waals surface area contributed by atoms with E-state index in [0.717, 1.165) is 30.0 Å². The molecule has 0 amide bonds. The quantitative estimate of drug-likeness (QED) is 0.451. The van der Waals surface area contributed by atoms with Crippen LogP contribution in [0, 0.1) is 6.92 Å². The van der Waals surface area contributed by atoms with Crippen LogP contribution in [0.5, 0.6) is 0 Å². The van der Waals surface area contributed by atoms with Gasteiger partial charge in [0.15, 0.2) is 5.78 Å². The molecule has 0 saturated heterocycles. The van der Waals surface area contributed by atoms with E-state index in [9.17, 15) is 22.8 Å². The van der Waals surface area contributed by atoms with E-state index in [1.54, 1.807) is 37.3 Å². The number of ketones is 1. The molecule has 1 aliphatic carbocycles. The van der Waals surface area contributed by atoms with Crippen molar-refractivity contribution >= 4 is 38.6 Å². The molecule has 0 unspecified atom stereocenters. The number of carbonyl (C=O) groups excluding carboxylic acids is 3. The largest absolute Gasteiger partial charge is 0.468 e. The molecule has 0 bridgehead atoms. The number of aromatic nitrogens is 1. The Morgan fingerprint density at radius 3 is 2.19 bits per heavy atom. The Balaban J connectivity index is 2.38. The highest BCUT2D eigenvalue weighted by molar-refractivity contribution is 7.89. The molecule has 9 heteroatoms. The Labute approximate surface area is 178 Å². The zero-order chi connectivity index (χ0) is 22.7. The van der Waals surface area contributed by atoms with E-state index in [0.29, 0.717) is 5.39 Å². The lowest BCUT2D eigenvalue weighted by atomic mass is 9.68. The summed E-state index contributed by atoms with van der Waals surface area (Å²) in [6, 6.07) is 11.0. The van der Waals surface area contributed by atoms with Crippen LogP contribution in [0.15, 0.2) is 42.5 Å². The van der Waals surface area contributed by atoms with Gasteiger partial charge in [-0.25, -0.2) is 12.4 Å². The van der Waals surface area contributed by atoms with Crippen molar-refractivity contribution < 1.29 is 32.3 Å². The zero-order valence-corrected chi connectivity index (χ0v) is 18.1.